The Labute approximate surface area is 178 Å². The summed E-state index contributed by atoms with van der Waals surface area (Å²) in [5, 5.41) is 5.56. The van der Waals surface area contributed by atoms with E-state index in [1.54, 1.807) is 48.5 Å². The lowest BCUT2D eigenvalue weighted by Gasteiger charge is -2.28. The molecule has 2 amide bonds. The minimum atomic E-state index is -3.72. The van der Waals surface area contributed by atoms with Gasteiger partial charge in [0, 0.05) is 5.54 Å². The molecule has 0 radical (unpaired) electrons. The highest BCUT2D eigenvalue weighted by atomic mass is 32.2. The number of hydrogen-bond donors (Lipinski definition) is 2. The molecule has 7 nitrogen and oxygen atoms in total. The first-order valence-corrected chi connectivity index (χ1v) is 11.4. The number of carbonyl (C=O) groups excluding carboxylic acids is 2. The van der Waals surface area contributed by atoms with E-state index in [4.69, 9.17) is 0 Å². The van der Waals surface area contributed by atoms with Gasteiger partial charge in [-0.25, -0.2) is 8.42 Å². The van der Waals surface area contributed by atoms with E-state index in [-0.39, 0.29) is 5.91 Å². The number of para-hydroxylation sites is 1. The molecule has 0 aliphatic carbocycles. The smallest absolute Gasteiger partial charge is 0.253 e. The predicted octanol–water partition coefficient (Wildman–Crippen LogP) is 3.32. The van der Waals surface area contributed by atoms with Crippen LogP contribution in [-0.2, 0) is 14.8 Å². The molecule has 0 heterocycles. The standard InChI is InChI=1S/C22H29N3O4S/c1-15-11-13-17(14-12-15)25(30(6,28)29)16(2)20(26)23-19-10-8-7-9-18(19)21(27)24-22(3,4)5/h7-14,16H,1-6H3,(H,23,26)(H,24,27)/t16-/m1/s1. The van der Waals surface area contributed by atoms with Crippen molar-refractivity contribution in [3.05, 3.63) is 59.7 Å². The van der Waals surface area contributed by atoms with Gasteiger partial charge in [0.15, 0.2) is 0 Å². The quantitative estimate of drug-likeness (QED) is 0.733. The number of aryl methyl sites for hydroxylation is 1. The summed E-state index contributed by atoms with van der Waals surface area (Å²) in [6.45, 7) is 8.98. The van der Waals surface area contributed by atoms with Crippen LogP contribution in [0.3, 0.4) is 0 Å². The molecule has 0 aromatic heterocycles. The van der Waals surface area contributed by atoms with Crippen LogP contribution in [-0.4, -0.2) is 38.1 Å². The van der Waals surface area contributed by atoms with Crippen LogP contribution in [0.2, 0.25) is 0 Å². The lowest BCUT2D eigenvalue weighted by molar-refractivity contribution is -0.116. The molecule has 0 bridgehead atoms. The van der Waals surface area contributed by atoms with Crippen molar-refractivity contribution in [3.8, 4) is 0 Å². The van der Waals surface area contributed by atoms with Crippen molar-refractivity contribution in [1.29, 1.82) is 0 Å². The van der Waals surface area contributed by atoms with Crippen LogP contribution in [0.25, 0.3) is 0 Å². The molecule has 2 N–H and O–H groups in total. The van der Waals surface area contributed by atoms with Gasteiger partial charge in [0.1, 0.15) is 6.04 Å². The molecule has 0 aliphatic heterocycles. The Morgan fingerprint density at radius 2 is 1.57 bits per heavy atom. The summed E-state index contributed by atoms with van der Waals surface area (Å²) in [6.07, 6.45) is 1.06. The topological polar surface area (TPSA) is 95.6 Å². The van der Waals surface area contributed by atoms with Gasteiger partial charge in [-0.05, 0) is 58.9 Å². The summed E-state index contributed by atoms with van der Waals surface area (Å²) in [5.41, 5.74) is 1.54. The highest BCUT2D eigenvalue weighted by molar-refractivity contribution is 7.92. The lowest BCUT2D eigenvalue weighted by atomic mass is 10.1. The van der Waals surface area contributed by atoms with Crippen molar-refractivity contribution in [1.82, 2.24) is 5.32 Å². The van der Waals surface area contributed by atoms with E-state index in [0.29, 0.717) is 16.9 Å². The first-order valence-electron chi connectivity index (χ1n) is 9.58. The zero-order valence-electron chi connectivity index (χ0n) is 18.2. The van der Waals surface area contributed by atoms with E-state index in [1.165, 1.54) is 6.92 Å². The number of anilines is 2. The van der Waals surface area contributed by atoms with Gasteiger partial charge in [-0.15, -0.1) is 0 Å². The van der Waals surface area contributed by atoms with E-state index < -0.39 is 27.5 Å². The SMILES string of the molecule is Cc1ccc(N([C@H](C)C(=O)Nc2ccccc2C(=O)NC(C)(C)C)S(C)(=O)=O)cc1. The molecule has 0 aliphatic rings. The minimum absolute atomic E-state index is 0.300. The first kappa shape index (κ1) is 23.4. The Hall–Kier alpha value is -2.87. The Morgan fingerprint density at radius 1 is 1.00 bits per heavy atom. The number of amides is 2. The van der Waals surface area contributed by atoms with Gasteiger partial charge < -0.3 is 10.6 Å². The van der Waals surface area contributed by atoms with Gasteiger partial charge in [0.25, 0.3) is 5.91 Å². The van der Waals surface area contributed by atoms with E-state index in [0.717, 1.165) is 16.1 Å². The molecule has 162 valence electrons. The highest BCUT2D eigenvalue weighted by Crippen LogP contribution is 2.23. The highest BCUT2D eigenvalue weighted by Gasteiger charge is 2.30. The van der Waals surface area contributed by atoms with Crippen molar-refractivity contribution in [2.75, 3.05) is 15.9 Å². The van der Waals surface area contributed by atoms with Gasteiger partial charge in [0.05, 0.1) is 23.2 Å². The second kappa shape index (κ2) is 8.87. The molecule has 2 rings (SSSR count). The summed E-state index contributed by atoms with van der Waals surface area (Å²) < 4.78 is 25.9. The number of sulfonamides is 1. The van der Waals surface area contributed by atoms with Crippen LogP contribution < -0.4 is 14.9 Å². The molecule has 2 aromatic rings. The Balaban J connectivity index is 2.32. The number of carbonyl (C=O) groups is 2. The normalized spacial score (nSPS) is 12.7. The van der Waals surface area contributed by atoms with Gasteiger partial charge in [0.2, 0.25) is 15.9 Å². The molecule has 8 heteroatoms. The molecule has 2 aromatic carbocycles. The number of nitrogens with one attached hydrogen (secondary N) is 2. The zero-order valence-corrected chi connectivity index (χ0v) is 19.0. The molecule has 0 fully saturated rings. The maximum atomic E-state index is 13.0. The van der Waals surface area contributed by atoms with Crippen LogP contribution in [0, 0.1) is 6.92 Å². The fourth-order valence-corrected chi connectivity index (χ4v) is 4.11. The molecular formula is C22H29N3O4S. The van der Waals surface area contributed by atoms with Crippen LogP contribution in [0.4, 0.5) is 11.4 Å². The fraction of sp³-hybridized carbons (Fsp3) is 0.364. The zero-order chi connectivity index (χ0) is 22.7. The maximum Gasteiger partial charge on any atom is 0.253 e. The molecule has 30 heavy (non-hydrogen) atoms. The molecule has 1 atom stereocenters. The Morgan fingerprint density at radius 3 is 2.10 bits per heavy atom. The van der Waals surface area contributed by atoms with Gasteiger partial charge in [-0.1, -0.05) is 29.8 Å². The van der Waals surface area contributed by atoms with E-state index in [9.17, 15) is 18.0 Å². The molecular weight excluding hydrogens is 402 g/mol. The van der Waals surface area contributed by atoms with Crippen LogP contribution in [0.5, 0.6) is 0 Å². The van der Waals surface area contributed by atoms with E-state index in [1.807, 2.05) is 27.7 Å². The number of rotatable bonds is 6. The largest absolute Gasteiger partial charge is 0.347 e. The first-order chi connectivity index (χ1) is 13.8. The minimum Gasteiger partial charge on any atom is -0.347 e. The van der Waals surface area contributed by atoms with Crippen molar-refractivity contribution in [2.45, 2.75) is 46.2 Å². The lowest BCUT2D eigenvalue weighted by Crippen LogP contribution is -2.45. The van der Waals surface area contributed by atoms with Crippen molar-refractivity contribution < 1.29 is 18.0 Å². The monoisotopic (exact) mass is 431 g/mol. The summed E-state index contributed by atoms with van der Waals surface area (Å²) >= 11 is 0. The molecule has 0 saturated carbocycles. The average molecular weight is 432 g/mol. The second-order valence-corrected chi connectivity index (χ2v) is 10.2. The summed E-state index contributed by atoms with van der Waals surface area (Å²) in [4.78, 5) is 25.6. The summed E-state index contributed by atoms with van der Waals surface area (Å²) in [7, 11) is -3.72. The number of nitrogens with zero attached hydrogens (tertiary/aromatic N) is 1. The Kier molecular flexibility index (Phi) is 6.92. The summed E-state index contributed by atoms with van der Waals surface area (Å²) in [6, 6.07) is 12.5. The van der Waals surface area contributed by atoms with Crippen molar-refractivity contribution >= 4 is 33.2 Å². The van der Waals surface area contributed by atoms with Crippen LogP contribution in [0.1, 0.15) is 43.6 Å². The third-order valence-electron chi connectivity index (χ3n) is 4.30. The number of benzene rings is 2. The Bertz CT molecular complexity index is 1030. The van der Waals surface area contributed by atoms with Crippen LogP contribution in [0.15, 0.2) is 48.5 Å². The van der Waals surface area contributed by atoms with Crippen molar-refractivity contribution in [3.63, 3.8) is 0 Å². The van der Waals surface area contributed by atoms with Crippen LogP contribution >= 0.6 is 0 Å². The summed E-state index contributed by atoms with van der Waals surface area (Å²) in [5.74, 6) is -0.874. The number of hydrogen-bond acceptors (Lipinski definition) is 4. The second-order valence-electron chi connectivity index (χ2n) is 8.31. The van der Waals surface area contributed by atoms with E-state index in [2.05, 4.69) is 10.6 Å². The van der Waals surface area contributed by atoms with E-state index >= 15 is 0 Å². The van der Waals surface area contributed by atoms with Crippen molar-refractivity contribution in [2.24, 2.45) is 0 Å². The van der Waals surface area contributed by atoms with Gasteiger partial charge >= 0.3 is 0 Å². The third-order valence-corrected chi connectivity index (χ3v) is 5.54. The predicted molar refractivity (Wildman–Crippen MR) is 120 cm³/mol. The molecule has 0 saturated heterocycles. The van der Waals surface area contributed by atoms with Gasteiger partial charge in [-0.2, -0.15) is 0 Å². The molecule has 0 unspecified atom stereocenters. The fourth-order valence-electron chi connectivity index (χ4n) is 2.94. The third kappa shape index (κ3) is 6.06. The molecule has 0 spiro atoms. The average Bonchev–Trinajstić information content (AvgIpc) is 2.61. The maximum absolute atomic E-state index is 13.0. The van der Waals surface area contributed by atoms with Gasteiger partial charge in [-0.3, -0.25) is 13.9 Å².